The Morgan fingerprint density at radius 1 is 1.00 bits per heavy atom. The van der Waals surface area contributed by atoms with Crippen molar-refractivity contribution in [1.82, 2.24) is 4.31 Å². The first-order valence-electron chi connectivity index (χ1n) is 7.53. The average Bonchev–Trinajstić information content (AvgIpc) is 2.62. The number of ether oxygens (including phenoxy) is 1. The molecule has 2 aromatic carbocycles. The van der Waals surface area contributed by atoms with E-state index in [9.17, 15) is 8.42 Å². The van der Waals surface area contributed by atoms with E-state index in [-0.39, 0.29) is 4.90 Å². The van der Waals surface area contributed by atoms with Crippen LogP contribution in [0, 0.1) is 0 Å². The van der Waals surface area contributed by atoms with Gasteiger partial charge in [0, 0.05) is 23.8 Å². The number of aliphatic imine (C=N–C) groups is 1. The van der Waals surface area contributed by atoms with Crippen molar-refractivity contribution in [3.8, 4) is 0 Å². The smallest absolute Gasteiger partial charge is 0.243 e. The molecule has 126 valence electrons. The van der Waals surface area contributed by atoms with Gasteiger partial charge in [-0.3, -0.25) is 4.99 Å². The van der Waals surface area contributed by atoms with Crippen molar-refractivity contribution in [2.45, 2.75) is 4.90 Å². The number of morpholine rings is 1. The lowest BCUT2D eigenvalue weighted by atomic mass is 10.2. The van der Waals surface area contributed by atoms with Crippen LogP contribution in [0.15, 0.2) is 62.9 Å². The quantitative estimate of drug-likeness (QED) is 0.729. The molecule has 0 atom stereocenters. The van der Waals surface area contributed by atoms with E-state index in [0.29, 0.717) is 32.0 Å². The lowest BCUT2D eigenvalue weighted by Crippen LogP contribution is -2.40. The fraction of sp³-hybridized carbons (Fsp3) is 0.235. The molecule has 1 aliphatic heterocycles. The van der Waals surface area contributed by atoms with E-state index in [1.165, 1.54) is 4.31 Å². The Morgan fingerprint density at radius 2 is 1.62 bits per heavy atom. The number of nitrogens with zero attached hydrogens (tertiary/aromatic N) is 2. The second kappa shape index (κ2) is 7.57. The molecule has 5 nitrogen and oxygen atoms in total. The number of halogens is 1. The van der Waals surface area contributed by atoms with Gasteiger partial charge in [0.2, 0.25) is 10.0 Å². The summed E-state index contributed by atoms with van der Waals surface area (Å²) in [7, 11) is -3.45. The summed E-state index contributed by atoms with van der Waals surface area (Å²) in [5.41, 5.74) is 1.68. The van der Waals surface area contributed by atoms with Gasteiger partial charge in [0.15, 0.2) is 0 Å². The Bertz CT molecular complexity index is 812. The van der Waals surface area contributed by atoms with Crippen LogP contribution in [0.1, 0.15) is 5.56 Å². The van der Waals surface area contributed by atoms with Crippen LogP contribution in [-0.4, -0.2) is 45.2 Å². The lowest BCUT2D eigenvalue weighted by Gasteiger charge is -2.26. The van der Waals surface area contributed by atoms with Crippen molar-refractivity contribution in [3.63, 3.8) is 0 Å². The van der Waals surface area contributed by atoms with Crippen molar-refractivity contribution in [2.24, 2.45) is 4.99 Å². The number of rotatable bonds is 4. The molecule has 0 saturated carbocycles. The van der Waals surface area contributed by atoms with Crippen LogP contribution in [0.2, 0.25) is 0 Å². The Hall–Kier alpha value is -1.54. The first kappa shape index (κ1) is 17.3. The minimum absolute atomic E-state index is 0.284. The number of hydrogen-bond donors (Lipinski definition) is 0. The van der Waals surface area contributed by atoms with E-state index in [1.54, 1.807) is 30.5 Å². The van der Waals surface area contributed by atoms with Gasteiger partial charge in [-0.05, 0) is 42.0 Å². The van der Waals surface area contributed by atoms with Gasteiger partial charge >= 0.3 is 0 Å². The van der Waals surface area contributed by atoms with E-state index in [0.717, 1.165) is 10.0 Å². The Balaban J connectivity index is 1.74. The molecule has 0 spiro atoms. The highest BCUT2D eigenvalue weighted by molar-refractivity contribution is 9.10. The lowest BCUT2D eigenvalue weighted by molar-refractivity contribution is 0.0730. The highest BCUT2D eigenvalue weighted by Crippen LogP contribution is 2.21. The van der Waals surface area contributed by atoms with Crippen molar-refractivity contribution >= 4 is 37.9 Å². The molecule has 1 aliphatic rings. The summed E-state index contributed by atoms with van der Waals surface area (Å²) in [6, 6.07) is 14.4. The molecule has 3 rings (SSSR count). The summed E-state index contributed by atoms with van der Waals surface area (Å²) in [5, 5.41) is 0. The van der Waals surface area contributed by atoms with Gasteiger partial charge in [-0.2, -0.15) is 4.31 Å². The van der Waals surface area contributed by atoms with Crippen molar-refractivity contribution in [3.05, 3.63) is 58.6 Å². The fourth-order valence-electron chi connectivity index (χ4n) is 2.34. The third-order valence-electron chi connectivity index (χ3n) is 3.68. The highest BCUT2D eigenvalue weighted by Gasteiger charge is 2.25. The summed E-state index contributed by atoms with van der Waals surface area (Å²) in [4.78, 5) is 4.66. The fourth-order valence-corrected chi connectivity index (χ4v) is 4.01. The molecular weight excluding hydrogens is 392 g/mol. The molecule has 0 aromatic heterocycles. The molecule has 0 N–H and O–H groups in total. The van der Waals surface area contributed by atoms with Gasteiger partial charge in [0.25, 0.3) is 0 Å². The van der Waals surface area contributed by atoms with Crippen LogP contribution in [-0.2, 0) is 14.8 Å². The zero-order valence-corrected chi connectivity index (χ0v) is 15.3. The van der Waals surface area contributed by atoms with E-state index < -0.39 is 10.0 Å². The van der Waals surface area contributed by atoms with Gasteiger partial charge in [0.05, 0.1) is 23.8 Å². The highest BCUT2D eigenvalue weighted by atomic mass is 79.9. The zero-order chi connectivity index (χ0) is 17.0. The molecule has 0 radical (unpaired) electrons. The molecule has 1 heterocycles. The second-order valence-electron chi connectivity index (χ2n) is 5.32. The van der Waals surface area contributed by atoms with Gasteiger partial charge in [-0.1, -0.05) is 28.1 Å². The van der Waals surface area contributed by atoms with Crippen molar-refractivity contribution in [2.75, 3.05) is 26.3 Å². The van der Waals surface area contributed by atoms with Crippen LogP contribution < -0.4 is 0 Å². The molecule has 1 fully saturated rings. The molecule has 0 bridgehead atoms. The molecule has 24 heavy (non-hydrogen) atoms. The van der Waals surface area contributed by atoms with E-state index in [2.05, 4.69) is 20.9 Å². The maximum Gasteiger partial charge on any atom is 0.243 e. The Labute approximate surface area is 150 Å². The van der Waals surface area contributed by atoms with Gasteiger partial charge in [-0.15, -0.1) is 0 Å². The first-order valence-corrected chi connectivity index (χ1v) is 9.77. The standard InChI is InChI=1S/C17H17BrN2O3S/c18-15-3-1-14(2-4-15)13-19-16-5-7-17(8-6-16)24(21,22)20-9-11-23-12-10-20/h1-8,13H,9-12H2. The van der Waals surface area contributed by atoms with Crippen LogP contribution in [0.5, 0.6) is 0 Å². The normalized spacial score (nSPS) is 16.5. The SMILES string of the molecule is O=S(=O)(c1ccc(N=Cc2ccc(Br)cc2)cc1)N1CCOCC1. The van der Waals surface area contributed by atoms with E-state index >= 15 is 0 Å². The minimum Gasteiger partial charge on any atom is -0.379 e. The molecule has 0 amide bonds. The summed E-state index contributed by atoms with van der Waals surface area (Å²) < 4.78 is 32.7. The van der Waals surface area contributed by atoms with Crippen molar-refractivity contribution in [1.29, 1.82) is 0 Å². The largest absolute Gasteiger partial charge is 0.379 e. The van der Waals surface area contributed by atoms with E-state index in [1.807, 2.05) is 24.3 Å². The number of sulfonamides is 1. The predicted molar refractivity (Wildman–Crippen MR) is 97.4 cm³/mol. The number of hydrogen-bond acceptors (Lipinski definition) is 4. The van der Waals surface area contributed by atoms with Crippen LogP contribution in [0.25, 0.3) is 0 Å². The van der Waals surface area contributed by atoms with Gasteiger partial charge in [0.1, 0.15) is 0 Å². The predicted octanol–water partition coefficient (Wildman–Crippen LogP) is 3.22. The summed E-state index contributed by atoms with van der Waals surface area (Å²) >= 11 is 3.39. The molecule has 7 heteroatoms. The summed E-state index contributed by atoms with van der Waals surface area (Å²) in [6.07, 6.45) is 1.75. The Kier molecular flexibility index (Phi) is 5.45. The third kappa shape index (κ3) is 4.10. The maximum atomic E-state index is 12.5. The van der Waals surface area contributed by atoms with Crippen LogP contribution >= 0.6 is 15.9 Å². The van der Waals surface area contributed by atoms with Crippen molar-refractivity contribution < 1.29 is 13.2 Å². The minimum atomic E-state index is -3.45. The molecule has 1 saturated heterocycles. The maximum absolute atomic E-state index is 12.5. The monoisotopic (exact) mass is 408 g/mol. The van der Waals surface area contributed by atoms with Crippen LogP contribution in [0.4, 0.5) is 5.69 Å². The Morgan fingerprint density at radius 3 is 2.25 bits per heavy atom. The third-order valence-corrected chi connectivity index (χ3v) is 6.12. The van der Waals surface area contributed by atoms with Gasteiger partial charge < -0.3 is 4.74 Å². The van der Waals surface area contributed by atoms with Crippen LogP contribution in [0.3, 0.4) is 0 Å². The zero-order valence-electron chi connectivity index (χ0n) is 12.9. The molecule has 2 aromatic rings. The molecular formula is C17H17BrN2O3S. The summed E-state index contributed by atoms with van der Waals surface area (Å²) in [5.74, 6) is 0. The topological polar surface area (TPSA) is 59.0 Å². The average molecular weight is 409 g/mol. The first-order chi connectivity index (χ1) is 11.6. The molecule has 0 unspecified atom stereocenters. The molecule has 0 aliphatic carbocycles. The number of benzene rings is 2. The van der Waals surface area contributed by atoms with E-state index in [4.69, 9.17) is 4.74 Å². The summed E-state index contributed by atoms with van der Waals surface area (Å²) in [6.45, 7) is 1.67. The second-order valence-corrected chi connectivity index (χ2v) is 8.17. The van der Waals surface area contributed by atoms with Gasteiger partial charge in [-0.25, -0.2) is 8.42 Å².